The maximum Gasteiger partial charge on any atom is 0.0649 e. The lowest BCUT2D eigenvalue weighted by Gasteiger charge is -2.33. The normalized spacial score (nSPS) is 25.7. The van der Waals surface area contributed by atoms with Crippen LogP contribution in [0.15, 0.2) is 18.2 Å². The molecule has 0 saturated carbocycles. The SMILES string of the molecule is Cc1ccc(CC2(N)CCCOC2)cc1C. The molecule has 0 spiro atoms. The Kier molecular flexibility index (Phi) is 3.31. The van der Waals surface area contributed by atoms with Gasteiger partial charge in [-0.05, 0) is 49.8 Å². The summed E-state index contributed by atoms with van der Waals surface area (Å²) in [5.41, 5.74) is 10.2. The summed E-state index contributed by atoms with van der Waals surface area (Å²) >= 11 is 0. The summed E-state index contributed by atoms with van der Waals surface area (Å²) in [5, 5.41) is 0. The van der Waals surface area contributed by atoms with E-state index in [0.29, 0.717) is 6.61 Å². The second-order valence-electron chi connectivity index (χ2n) is 5.11. The van der Waals surface area contributed by atoms with Crippen LogP contribution in [0, 0.1) is 13.8 Å². The molecule has 1 aromatic carbocycles. The lowest BCUT2D eigenvalue weighted by atomic mass is 9.86. The molecule has 1 heterocycles. The van der Waals surface area contributed by atoms with E-state index >= 15 is 0 Å². The fourth-order valence-electron chi connectivity index (χ4n) is 2.33. The van der Waals surface area contributed by atoms with E-state index in [0.717, 1.165) is 25.9 Å². The van der Waals surface area contributed by atoms with Crippen molar-refractivity contribution in [3.05, 3.63) is 34.9 Å². The molecule has 2 N–H and O–H groups in total. The Morgan fingerprint density at radius 2 is 2.12 bits per heavy atom. The zero-order valence-electron chi connectivity index (χ0n) is 10.3. The fourth-order valence-corrected chi connectivity index (χ4v) is 2.33. The number of nitrogens with two attached hydrogens (primary N) is 1. The van der Waals surface area contributed by atoms with Crippen LogP contribution in [-0.2, 0) is 11.2 Å². The molecule has 0 radical (unpaired) electrons. The summed E-state index contributed by atoms with van der Waals surface area (Å²) in [6.45, 7) is 5.85. The van der Waals surface area contributed by atoms with Crippen LogP contribution >= 0.6 is 0 Å². The first kappa shape index (κ1) is 11.6. The molecule has 0 aromatic heterocycles. The monoisotopic (exact) mass is 219 g/mol. The first-order valence-electron chi connectivity index (χ1n) is 6.02. The summed E-state index contributed by atoms with van der Waals surface area (Å²) in [6.07, 6.45) is 3.08. The maximum absolute atomic E-state index is 6.35. The van der Waals surface area contributed by atoms with E-state index in [9.17, 15) is 0 Å². The largest absolute Gasteiger partial charge is 0.380 e. The Labute approximate surface area is 97.8 Å². The molecule has 0 amide bonds. The van der Waals surface area contributed by atoms with Crippen LogP contribution in [0.2, 0.25) is 0 Å². The van der Waals surface area contributed by atoms with Gasteiger partial charge in [-0.3, -0.25) is 0 Å². The van der Waals surface area contributed by atoms with Crippen molar-refractivity contribution < 1.29 is 4.74 Å². The van der Waals surface area contributed by atoms with Gasteiger partial charge in [0, 0.05) is 12.1 Å². The van der Waals surface area contributed by atoms with E-state index < -0.39 is 0 Å². The van der Waals surface area contributed by atoms with Crippen molar-refractivity contribution in [2.24, 2.45) is 5.73 Å². The molecule has 2 rings (SSSR count). The van der Waals surface area contributed by atoms with Crippen molar-refractivity contribution in [1.29, 1.82) is 0 Å². The van der Waals surface area contributed by atoms with Crippen LogP contribution < -0.4 is 5.73 Å². The van der Waals surface area contributed by atoms with E-state index in [-0.39, 0.29) is 5.54 Å². The lowest BCUT2D eigenvalue weighted by molar-refractivity contribution is 0.0382. The van der Waals surface area contributed by atoms with Crippen molar-refractivity contribution in [2.45, 2.75) is 38.6 Å². The quantitative estimate of drug-likeness (QED) is 0.828. The minimum Gasteiger partial charge on any atom is -0.380 e. The summed E-state index contributed by atoms with van der Waals surface area (Å²) in [5.74, 6) is 0. The molecule has 0 aliphatic carbocycles. The Balaban J connectivity index is 2.10. The molecule has 1 atom stereocenters. The van der Waals surface area contributed by atoms with Gasteiger partial charge in [0.05, 0.1) is 6.61 Å². The second kappa shape index (κ2) is 4.56. The highest BCUT2D eigenvalue weighted by atomic mass is 16.5. The van der Waals surface area contributed by atoms with Crippen molar-refractivity contribution >= 4 is 0 Å². The van der Waals surface area contributed by atoms with Crippen LogP contribution in [0.25, 0.3) is 0 Å². The maximum atomic E-state index is 6.35. The number of hydrogen-bond donors (Lipinski definition) is 1. The number of ether oxygens (including phenoxy) is 1. The molecule has 1 fully saturated rings. The van der Waals surface area contributed by atoms with Gasteiger partial charge in [-0.2, -0.15) is 0 Å². The van der Waals surface area contributed by atoms with Crippen molar-refractivity contribution in [2.75, 3.05) is 13.2 Å². The number of aryl methyl sites for hydroxylation is 2. The Morgan fingerprint density at radius 3 is 2.75 bits per heavy atom. The standard InChI is InChI=1S/C14H21NO/c1-11-4-5-13(8-12(11)2)9-14(15)6-3-7-16-10-14/h4-5,8H,3,6-7,9-10,15H2,1-2H3. The average molecular weight is 219 g/mol. The highest BCUT2D eigenvalue weighted by Gasteiger charge is 2.28. The minimum absolute atomic E-state index is 0.153. The van der Waals surface area contributed by atoms with Crippen LogP contribution in [0.5, 0.6) is 0 Å². The predicted molar refractivity (Wildman–Crippen MR) is 66.6 cm³/mol. The first-order chi connectivity index (χ1) is 7.59. The Hall–Kier alpha value is -0.860. The van der Waals surface area contributed by atoms with Crippen LogP contribution in [-0.4, -0.2) is 18.8 Å². The summed E-state index contributed by atoms with van der Waals surface area (Å²) in [6, 6.07) is 6.61. The molecule has 1 aromatic rings. The predicted octanol–water partition coefficient (Wildman–Crippen LogP) is 2.35. The van der Waals surface area contributed by atoms with E-state index in [4.69, 9.17) is 10.5 Å². The summed E-state index contributed by atoms with van der Waals surface area (Å²) in [4.78, 5) is 0. The second-order valence-corrected chi connectivity index (χ2v) is 5.11. The van der Waals surface area contributed by atoms with Crippen molar-refractivity contribution in [3.8, 4) is 0 Å². The number of hydrogen-bond acceptors (Lipinski definition) is 2. The van der Waals surface area contributed by atoms with Gasteiger partial charge >= 0.3 is 0 Å². The zero-order valence-corrected chi connectivity index (χ0v) is 10.3. The van der Waals surface area contributed by atoms with Gasteiger partial charge in [-0.1, -0.05) is 18.2 Å². The third-order valence-corrected chi connectivity index (χ3v) is 3.48. The number of rotatable bonds is 2. The molecule has 88 valence electrons. The van der Waals surface area contributed by atoms with Crippen LogP contribution in [0.3, 0.4) is 0 Å². The fraction of sp³-hybridized carbons (Fsp3) is 0.571. The molecule has 0 bridgehead atoms. The van der Waals surface area contributed by atoms with E-state index in [2.05, 4.69) is 32.0 Å². The van der Waals surface area contributed by atoms with E-state index in [1.165, 1.54) is 16.7 Å². The zero-order chi connectivity index (χ0) is 11.6. The van der Waals surface area contributed by atoms with Gasteiger partial charge in [0.1, 0.15) is 0 Å². The third-order valence-electron chi connectivity index (χ3n) is 3.48. The minimum atomic E-state index is -0.153. The van der Waals surface area contributed by atoms with Gasteiger partial charge in [0.15, 0.2) is 0 Å². The Bertz CT molecular complexity index is 367. The van der Waals surface area contributed by atoms with Gasteiger partial charge in [0.25, 0.3) is 0 Å². The summed E-state index contributed by atoms with van der Waals surface area (Å²) in [7, 11) is 0. The van der Waals surface area contributed by atoms with Gasteiger partial charge in [-0.15, -0.1) is 0 Å². The third kappa shape index (κ3) is 2.63. The van der Waals surface area contributed by atoms with Crippen LogP contribution in [0.1, 0.15) is 29.5 Å². The van der Waals surface area contributed by atoms with Crippen molar-refractivity contribution in [3.63, 3.8) is 0 Å². The molecule has 1 aliphatic rings. The molecule has 2 nitrogen and oxygen atoms in total. The van der Waals surface area contributed by atoms with Gasteiger partial charge in [-0.25, -0.2) is 0 Å². The summed E-state index contributed by atoms with van der Waals surface area (Å²) < 4.78 is 5.49. The number of benzene rings is 1. The van der Waals surface area contributed by atoms with E-state index in [1.807, 2.05) is 0 Å². The van der Waals surface area contributed by atoms with E-state index in [1.54, 1.807) is 0 Å². The molecular formula is C14H21NO. The molecule has 1 aliphatic heterocycles. The van der Waals surface area contributed by atoms with Crippen LogP contribution in [0.4, 0.5) is 0 Å². The lowest BCUT2D eigenvalue weighted by Crippen LogP contribution is -2.49. The molecule has 1 saturated heterocycles. The van der Waals surface area contributed by atoms with Gasteiger partial charge < -0.3 is 10.5 Å². The van der Waals surface area contributed by atoms with Gasteiger partial charge in [0.2, 0.25) is 0 Å². The smallest absolute Gasteiger partial charge is 0.0649 e. The van der Waals surface area contributed by atoms with Crippen molar-refractivity contribution in [1.82, 2.24) is 0 Å². The average Bonchev–Trinajstić information content (AvgIpc) is 2.24. The molecular weight excluding hydrogens is 198 g/mol. The first-order valence-corrected chi connectivity index (χ1v) is 6.02. The molecule has 2 heteroatoms. The Morgan fingerprint density at radius 1 is 1.31 bits per heavy atom. The topological polar surface area (TPSA) is 35.2 Å². The molecule has 1 unspecified atom stereocenters. The highest BCUT2D eigenvalue weighted by molar-refractivity contribution is 5.31. The molecule has 16 heavy (non-hydrogen) atoms. The highest BCUT2D eigenvalue weighted by Crippen LogP contribution is 2.22.